The molecule has 0 radical (unpaired) electrons. The van der Waals surface area contributed by atoms with Crippen LogP contribution in [0.25, 0.3) is 21.3 Å². The van der Waals surface area contributed by atoms with E-state index in [2.05, 4.69) is 42.1 Å². The number of aromatic nitrogens is 2. The SMILES string of the molecule is O=c1[nH]nc(-c2cc(Br)c(Br)s2)c2ccccc12. The summed E-state index contributed by atoms with van der Waals surface area (Å²) in [6.45, 7) is 0. The number of aromatic amines is 1. The highest BCUT2D eigenvalue weighted by molar-refractivity contribution is 9.13. The van der Waals surface area contributed by atoms with Crippen molar-refractivity contribution in [3.63, 3.8) is 0 Å². The first kappa shape index (κ1) is 12.1. The molecule has 1 aromatic carbocycles. The van der Waals surface area contributed by atoms with Gasteiger partial charge in [-0.05, 0) is 44.0 Å². The third-order valence-electron chi connectivity index (χ3n) is 2.57. The molecule has 0 aliphatic rings. The Balaban J connectivity index is 2.36. The standard InChI is InChI=1S/C12H6Br2N2OS/c13-8-5-9(18-11(8)14)10-6-3-1-2-4-7(6)12(17)16-15-10/h1-5H,(H,16,17). The van der Waals surface area contributed by atoms with E-state index in [1.807, 2.05) is 24.3 Å². The fourth-order valence-electron chi connectivity index (χ4n) is 1.77. The number of benzene rings is 1. The van der Waals surface area contributed by atoms with Gasteiger partial charge in [0.1, 0.15) is 5.69 Å². The van der Waals surface area contributed by atoms with Crippen LogP contribution in [-0.2, 0) is 0 Å². The van der Waals surface area contributed by atoms with Crippen molar-refractivity contribution in [2.75, 3.05) is 0 Å². The lowest BCUT2D eigenvalue weighted by Gasteiger charge is -2.01. The Labute approximate surface area is 123 Å². The molecule has 6 heteroatoms. The molecule has 0 amide bonds. The average molecular weight is 386 g/mol. The molecule has 0 bridgehead atoms. The summed E-state index contributed by atoms with van der Waals surface area (Å²) in [6, 6.07) is 9.46. The van der Waals surface area contributed by atoms with E-state index in [0.717, 1.165) is 24.2 Å². The van der Waals surface area contributed by atoms with Crippen LogP contribution in [0, 0.1) is 0 Å². The van der Waals surface area contributed by atoms with Gasteiger partial charge < -0.3 is 0 Å². The lowest BCUT2D eigenvalue weighted by molar-refractivity contribution is 1.02. The first-order valence-corrected chi connectivity index (χ1v) is 7.49. The number of nitrogens with zero attached hydrogens (tertiary/aromatic N) is 1. The second-order valence-corrected chi connectivity index (χ2v) is 6.90. The molecular formula is C12H6Br2N2OS. The normalized spacial score (nSPS) is 11.0. The maximum absolute atomic E-state index is 11.7. The van der Waals surface area contributed by atoms with E-state index in [1.54, 1.807) is 17.4 Å². The second kappa shape index (κ2) is 4.60. The number of halogens is 2. The fourth-order valence-corrected chi connectivity index (χ4v) is 3.81. The van der Waals surface area contributed by atoms with Crippen LogP contribution < -0.4 is 5.56 Å². The van der Waals surface area contributed by atoms with Crippen LogP contribution in [0.3, 0.4) is 0 Å². The zero-order valence-electron chi connectivity index (χ0n) is 8.91. The number of hydrogen-bond acceptors (Lipinski definition) is 3. The van der Waals surface area contributed by atoms with Gasteiger partial charge in [0.2, 0.25) is 0 Å². The Bertz CT molecular complexity index is 775. The molecule has 0 spiro atoms. The molecule has 18 heavy (non-hydrogen) atoms. The summed E-state index contributed by atoms with van der Waals surface area (Å²) in [6.07, 6.45) is 0. The van der Waals surface area contributed by atoms with Crippen molar-refractivity contribution in [1.82, 2.24) is 10.2 Å². The highest BCUT2D eigenvalue weighted by Gasteiger charge is 2.12. The fraction of sp³-hybridized carbons (Fsp3) is 0. The van der Waals surface area contributed by atoms with Crippen LogP contribution in [0.2, 0.25) is 0 Å². The number of nitrogens with one attached hydrogen (secondary N) is 1. The first-order valence-electron chi connectivity index (χ1n) is 5.09. The molecule has 0 unspecified atom stereocenters. The van der Waals surface area contributed by atoms with Crippen molar-refractivity contribution in [3.05, 3.63) is 48.9 Å². The second-order valence-electron chi connectivity index (χ2n) is 3.68. The molecule has 3 aromatic rings. The minimum Gasteiger partial charge on any atom is -0.267 e. The van der Waals surface area contributed by atoms with Gasteiger partial charge in [0.15, 0.2) is 0 Å². The van der Waals surface area contributed by atoms with Crippen LogP contribution in [0.4, 0.5) is 0 Å². The molecule has 1 N–H and O–H groups in total. The molecule has 90 valence electrons. The predicted octanol–water partition coefficient (Wildman–Crippen LogP) is 4.18. The van der Waals surface area contributed by atoms with Gasteiger partial charge in [-0.25, -0.2) is 5.10 Å². The Kier molecular flexibility index (Phi) is 3.09. The summed E-state index contributed by atoms with van der Waals surface area (Å²) in [7, 11) is 0. The van der Waals surface area contributed by atoms with Crippen LogP contribution in [0.5, 0.6) is 0 Å². The topological polar surface area (TPSA) is 45.8 Å². The molecule has 3 nitrogen and oxygen atoms in total. The van der Waals surface area contributed by atoms with Crippen molar-refractivity contribution in [2.24, 2.45) is 0 Å². The molecule has 0 atom stereocenters. The zero-order chi connectivity index (χ0) is 12.7. The summed E-state index contributed by atoms with van der Waals surface area (Å²) < 4.78 is 1.99. The average Bonchev–Trinajstić information content (AvgIpc) is 2.70. The van der Waals surface area contributed by atoms with Crippen LogP contribution in [0.1, 0.15) is 0 Å². The lowest BCUT2D eigenvalue weighted by atomic mass is 10.1. The summed E-state index contributed by atoms with van der Waals surface area (Å²) in [5.41, 5.74) is 0.630. The summed E-state index contributed by atoms with van der Waals surface area (Å²) in [4.78, 5) is 12.7. The van der Waals surface area contributed by atoms with Gasteiger partial charge >= 0.3 is 0 Å². The van der Waals surface area contributed by atoms with Crippen molar-refractivity contribution in [2.45, 2.75) is 0 Å². The molecule has 0 aliphatic heterocycles. The Morgan fingerprint density at radius 3 is 2.56 bits per heavy atom. The molecular weight excluding hydrogens is 380 g/mol. The van der Waals surface area contributed by atoms with Crippen molar-refractivity contribution >= 4 is 54.0 Å². The Hall–Kier alpha value is -0.980. The summed E-state index contributed by atoms with van der Waals surface area (Å²) in [5.74, 6) is 0. The van der Waals surface area contributed by atoms with Crippen molar-refractivity contribution in [1.29, 1.82) is 0 Å². The van der Waals surface area contributed by atoms with Gasteiger partial charge in [-0.3, -0.25) is 4.79 Å². The van der Waals surface area contributed by atoms with E-state index in [9.17, 15) is 4.79 Å². The van der Waals surface area contributed by atoms with E-state index in [1.165, 1.54) is 0 Å². The molecule has 2 aromatic heterocycles. The predicted molar refractivity (Wildman–Crippen MR) is 81.1 cm³/mol. The van der Waals surface area contributed by atoms with Gasteiger partial charge in [-0.1, -0.05) is 18.2 Å². The van der Waals surface area contributed by atoms with E-state index >= 15 is 0 Å². The Morgan fingerprint density at radius 1 is 1.17 bits per heavy atom. The third-order valence-corrected chi connectivity index (χ3v) is 5.84. The number of fused-ring (bicyclic) bond motifs is 1. The smallest absolute Gasteiger partial charge is 0.267 e. The molecule has 2 heterocycles. The number of thiophene rings is 1. The van der Waals surface area contributed by atoms with Crippen LogP contribution in [0.15, 0.2) is 43.4 Å². The zero-order valence-corrected chi connectivity index (χ0v) is 12.9. The van der Waals surface area contributed by atoms with Gasteiger partial charge in [0.05, 0.1) is 14.0 Å². The lowest BCUT2D eigenvalue weighted by Crippen LogP contribution is -2.08. The summed E-state index contributed by atoms with van der Waals surface area (Å²) >= 11 is 8.49. The molecule has 3 rings (SSSR count). The van der Waals surface area contributed by atoms with E-state index in [0.29, 0.717) is 5.39 Å². The van der Waals surface area contributed by atoms with E-state index in [-0.39, 0.29) is 5.56 Å². The third kappa shape index (κ3) is 1.94. The maximum Gasteiger partial charge on any atom is 0.272 e. The maximum atomic E-state index is 11.7. The largest absolute Gasteiger partial charge is 0.272 e. The first-order chi connectivity index (χ1) is 8.66. The number of hydrogen-bond donors (Lipinski definition) is 1. The minimum atomic E-state index is -0.163. The highest BCUT2D eigenvalue weighted by Crippen LogP contribution is 2.38. The monoisotopic (exact) mass is 384 g/mol. The minimum absolute atomic E-state index is 0.163. The van der Waals surface area contributed by atoms with Gasteiger partial charge in [-0.2, -0.15) is 5.10 Å². The highest BCUT2D eigenvalue weighted by atomic mass is 79.9. The van der Waals surface area contributed by atoms with E-state index in [4.69, 9.17) is 0 Å². The molecule has 0 fully saturated rings. The number of H-pyrrole nitrogens is 1. The molecule has 0 saturated heterocycles. The quantitative estimate of drug-likeness (QED) is 0.683. The van der Waals surface area contributed by atoms with Crippen molar-refractivity contribution in [3.8, 4) is 10.6 Å². The van der Waals surface area contributed by atoms with Gasteiger partial charge in [-0.15, -0.1) is 11.3 Å². The number of rotatable bonds is 1. The van der Waals surface area contributed by atoms with Gasteiger partial charge in [0.25, 0.3) is 5.56 Å². The van der Waals surface area contributed by atoms with Crippen LogP contribution in [-0.4, -0.2) is 10.2 Å². The van der Waals surface area contributed by atoms with Crippen molar-refractivity contribution < 1.29 is 0 Å². The summed E-state index contributed by atoms with van der Waals surface area (Å²) in [5, 5.41) is 8.22. The molecule has 0 saturated carbocycles. The van der Waals surface area contributed by atoms with Gasteiger partial charge in [0, 0.05) is 9.86 Å². The van der Waals surface area contributed by atoms with E-state index < -0.39 is 0 Å². The van der Waals surface area contributed by atoms with Crippen LogP contribution >= 0.6 is 43.2 Å². The Morgan fingerprint density at radius 2 is 1.89 bits per heavy atom. The molecule has 0 aliphatic carbocycles.